The van der Waals surface area contributed by atoms with E-state index in [9.17, 15) is 19.3 Å². The maximum absolute atomic E-state index is 13.3. The molecule has 166 valence electrons. The number of ether oxygens (including phenoxy) is 2. The van der Waals surface area contributed by atoms with Gasteiger partial charge in [-0.2, -0.15) is 9.78 Å². The summed E-state index contributed by atoms with van der Waals surface area (Å²) in [4.78, 5) is 26.0. The van der Waals surface area contributed by atoms with Gasteiger partial charge in [-0.15, -0.1) is 0 Å². The molecule has 0 radical (unpaired) electrons. The number of nitrogens with one attached hydrogen (secondary N) is 1. The number of nitro groups is 1. The highest BCUT2D eigenvalue weighted by Crippen LogP contribution is 2.25. The summed E-state index contributed by atoms with van der Waals surface area (Å²) < 4.78 is 25.4. The zero-order valence-corrected chi connectivity index (χ0v) is 17.2. The lowest BCUT2D eigenvalue weighted by Crippen LogP contribution is -2.21. The molecule has 0 spiro atoms. The number of methoxy groups -OCH3 is 1. The van der Waals surface area contributed by atoms with Crippen molar-refractivity contribution in [2.24, 2.45) is 5.10 Å². The number of hydrazone groups is 1. The first-order chi connectivity index (χ1) is 15.4. The number of amides is 1. The molecule has 11 nitrogen and oxygen atoms in total. The molecule has 1 amide bonds. The normalized spacial score (nSPS) is 11.2. The predicted molar refractivity (Wildman–Crippen MR) is 111 cm³/mol. The Hall–Kier alpha value is -4.35. The lowest BCUT2D eigenvalue weighted by atomic mass is 10.2. The third-order valence-corrected chi connectivity index (χ3v) is 4.14. The van der Waals surface area contributed by atoms with Crippen molar-refractivity contribution in [2.45, 2.75) is 20.1 Å². The molecule has 1 N–H and O–H groups in total. The van der Waals surface area contributed by atoms with Crippen molar-refractivity contribution in [3.05, 3.63) is 75.9 Å². The van der Waals surface area contributed by atoms with E-state index in [2.05, 4.69) is 20.6 Å². The summed E-state index contributed by atoms with van der Waals surface area (Å²) in [6.07, 6.45) is 1.20. The van der Waals surface area contributed by atoms with Crippen molar-refractivity contribution in [2.75, 3.05) is 7.11 Å². The maximum Gasteiger partial charge on any atom is 0.490 e. The second kappa shape index (κ2) is 10.1. The molecule has 0 saturated carbocycles. The highest BCUT2D eigenvalue weighted by molar-refractivity contribution is 5.97. The molecule has 0 aliphatic rings. The number of carbonyl (C=O) groups is 1. The third-order valence-electron chi connectivity index (χ3n) is 4.14. The van der Waals surface area contributed by atoms with Crippen LogP contribution in [-0.2, 0) is 13.2 Å². The van der Waals surface area contributed by atoms with Gasteiger partial charge in [-0.1, -0.05) is 17.1 Å². The Labute approximate surface area is 181 Å². The summed E-state index contributed by atoms with van der Waals surface area (Å²) in [6, 6.07) is 10.7. The first-order valence-electron chi connectivity index (χ1n) is 9.28. The van der Waals surface area contributed by atoms with Crippen LogP contribution in [0.1, 0.15) is 22.8 Å². The fourth-order valence-corrected chi connectivity index (χ4v) is 2.66. The monoisotopic (exact) mass is 442 g/mol. The van der Waals surface area contributed by atoms with Gasteiger partial charge in [0.25, 0.3) is 5.91 Å². The van der Waals surface area contributed by atoms with Crippen LogP contribution in [0, 0.1) is 15.9 Å². The fraction of sp³-hybridized carbons (Fsp3) is 0.200. The van der Waals surface area contributed by atoms with Crippen LogP contribution in [0.3, 0.4) is 0 Å². The molecule has 12 heteroatoms. The average molecular weight is 442 g/mol. The number of hydrogen-bond donors (Lipinski definition) is 1. The molecule has 2 aromatic carbocycles. The van der Waals surface area contributed by atoms with E-state index in [1.807, 2.05) is 0 Å². The molecule has 32 heavy (non-hydrogen) atoms. The Morgan fingerprint density at radius 1 is 1.31 bits per heavy atom. The van der Waals surface area contributed by atoms with E-state index in [0.29, 0.717) is 17.0 Å². The summed E-state index contributed by atoms with van der Waals surface area (Å²) >= 11 is 0. The molecule has 1 aromatic heterocycles. The van der Waals surface area contributed by atoms with Gasteiger partial charge in [0.05, 0.1) is 24.9 Å². The van der Waals surface area contributed by atoms with E-state index in [-0.39, 0.29) is 30.3 Å². The molecule has 1 heterocycles. The molecule has 0 aliphatic heterocycles. The second-order valence-corrected chi connectivity index (χ2v) is 6.57. The number of carbonyl (C=O) groups excluding carboxylic acids is 1. The largest absolute Gasteiger partial charge is 0.496 e. The highest BCUT2D eigenvalue weighted by atomic mass is 19.1. The van der Waals surface area contributed by atoms with E-state index in [1.54, 1.807) is 31.2 Å². The van der Waals surface area contributed by atoms with E-state index in [0.717, 1.165) is 0 Å². The number of rotatable bonds is 9. The molecule has 0 aliphatic carbocycles. The van der Waals surface area contributed by atoms with Crippen LogP contribution in [-0.4, -0.2) is 38.4 Å². The first kappa shape index (κ1) is 22.3. The van der Waals surface area contributed by atoms with Crippen molar-refractivity contribution in [1.29, 1.82) is 0 Å². The van der Waals surface area contributed by atoms with Gasteiger partial charge in [-0.05, 0) is 41.7 Å². The molecule has 3 rings (SSSR count). The molecular weight excluding hydrogens is 423 g/mol. The van der Waals surface area contributed by atoms with Gasteiger partial charge in [0.2, 0.25) is 6.33 Å². The van der Waals surface area contributed by atoms with Crippen LogP contribution in [0.15, 0.2) is 53.9 Å². The Morgan fingerprint density at radius 3 is 2.81 bits per heavy atom. The van der Waals surface area contributed by atoms with E-state index >= 15 is 0 Å². The average Bonchev–Trinajstić information content (AvgIpc) is 3.24. The molecule has 0 saturated heterocycles. The summed E-state index contributed by atoms with van der Waals surface area (Å²) in [6.45, 7) is 1.87. The van der Waals surface area contributed by atoms with Crippen molar-refractivity contribution < 1.29 is 23.6 Å². The molecule has 0 fully saturated rings. The number of nitrogens with zero attached hydrogens (tertiary/aromatic N) is 5. The number of benzene rings is 2. The molecular formula is C20H19FN6O5. The van der Waals surface area contributed by atoms with Gasteiger partial charge in [0, 0.05) is 11.2 Å². The van der Waals surface area contributed by atoms with Crippen LogP contribution >= 0.6 is 0 Å². The van der Waals surface area contributed by atoms with E-state index in [1.165, 1.54) is 36.3 Å². The standard InChI is InChI=1S/C20H19FN6O5/c1-13(10-26-12-22-20(25-26)27(29)30)23-24-19(28)17-7-6-16(9-18(17)31-2)32-11-14-4-3-5-15(21)8-14/h3-9,12H,10-11H2,1-2H3,(H,24,28)/b23-13+. The maximum atomic E-state index is 13.3. The smallest absolute Gasteiger partial charge is 0.490 e. The Bertz CT molecular complexity index is 1160. The number of aromatic nitrogens is 3. The van der Waals surface area contributed by atoms with Gasteiger partial charge in [0.15, 0.2) is 0 Å². The topological polar surface area (TPSA) is 134 Å². The molecule has 0 unspecified atom stereocenters. The van der Waals surface area contributed by atoms with Crippen LogP contribution in [0.5, 0.6) is 11.5 Å². The van der Waals surface area contributed by atoms with Crippen LogP contribution < -0.4 is 14.9 Å². The zero-order chi connectivity index (χ0) is 23.1. The number of halogens is 1. The number of hydrogen-bond acceptors (Lipinski definition) is 8. The van der Waals surface area contributed by atoms with Crippen molar-refractivity contribution in [3.8, 4) is 11.5 Å². The molecule has 0 atom stereocenters. The summed E-state index contributed by atoms with van der Waals surface area (Å²) in [5, 5.41) is 18.3. The van der Waals surface area contributed by atoms with Crippen LogP contribution in [0.4, 0.5) is 10.3 Å². The van der Waals surface area contributed by atoms with Gasteiger partial charge < -0.3 is 19.6 Å². The second-order valence-electron chi connectivity index (χ2n) is 6.57. The Morgan fingerprint density at radius 2 is 2.12 bits per heavy atom. The van der Waals surface area contributed by atoms with Crippen molar-refractivity contribution in [3.63, 3.8) is 0 Å². The fourth-order valence-electron chi connectivity index (χ4n) is 2.66. The van der Waals surface area contributed by atoms with Crippen molar-refractivity contribution >= 4 is 17.6 Å². The molecule has 3 aromatic rings. The van der Waals surface area contributed by atoms with Gasteiger partial charge in [0.1, 0.15) is 23.9 Å². The molecule has 0 bridgehead atoms. The predicted octanol–water partition coefficient (Wildman–Crippen LogP) is 2.72. The van der Waals surface area contributed by atoms with Gasteiger partial charge in [-0.3, -0.25) is 4.79 Å². The Kier molecular flexibility index (Phi) is 7.06. The Balaban J connectivity index is 1.62. The SMILES string of the molecule is COc1cc(OCc2cccc(F)c2)ccc1C(=O)N/N=C(\C)Cn1cnc([N+](=O)[O-])n1. The van der Waals surface area contributed by atoms with E-state index in [4.69, 9.17) is 9.47 Å². The quantitative estimate of drug-likeness (QED) is 0.306. The zero-order valence-electron chi connectivity index (χ0n) is 17.2. The summed E-state index contributed by atoms with van der Waals surface area (Å²) in [5.74, 6) is -0.698. The summed E-state index contributed by atoms with van der Waals surface area (Å²) in [7, 11) is 1.41. The lowest BCUT2D eigenvalue weighted by Gasteiger charge is -2.11. The van der Waals surface area contributed by atoms with Crippen molar-refractivity contribution in [1.82, 2.24) is 20.2 Å². The van der Waals surface area contributed by atoms with Gasteiger partial charge in [-0.25, -0.2) is 9.82 Å². The highest BCUT2D eigenvalue weighted by Gasteiger charge is 2.15. The first-order valence-corrected chi connectivity index (χ1v) is 9.28. The minimum atomic E-state index is -0.706. The van der Waals surface area contributed by atoms with Crippen LogP contribution in [0.25, 0.3) is 0 Å². The van der Waals surface area contributed by atoms with E-state index < -0.39 is 16.8 Å². The third kappa shape index (κ3) is 5.84. The lowest BCUT2D eigenvalue weighted by molar-refractivity contribution is -0.394. The summed E-state index contributed by atoms with van der Waals surface area (Å²) in [5.41, 5.74) is 3.72. The van der Waals surface area contributed by atoms with Gasteiger partial charge >= 0.3 is 5.95 Å². The van der Waals surface area contributed by atoms with Crippen LogP contribution in [0.2, 0.25) is 0 Å². The minimum absolute atomic E-state index is 0.102. The minimum Gasteiger partial charge on any atom is -0.496 e.